The fourth-order valence-corrected chi connectivity index (χ4v) is 8.90. The molecule has 0 heterocycles. The van der Waals surface area contributed by atoms with Gasteiger partial charge in [0.2, 0.25) is 5.91 Å². The molecule has 2 N–H and O–H groups in total. The zero-order chi connectivity index (χ0) is 49.9. The van der Waals surface area contributed by atoms with E-state index in [1.54, 1.807) is 6.08 Å². The van der Waals surface area contributed by atoms with Gasteiger partial charge in [0.25, 0.3) is 7.82 Å². The number of aliphatic hydroxyl groups excluding tert-OH is 1. The first-order chi connectivity index (χ1) is 33.0. The third-order valence-corrected chi connectivity index (χ3v) is 13.7. The summed E-state index contributed by atoms with van der Waals surface area (Å²) >= 11 is 0. The molecule has 0 saturated carbocycles. The molecular formula is C59H111N2O6P. The van der Waals surface area contributed by atoms with Crippen LogP contribution in [0.2, 0.25) is 0 Å². The molecule has 3 atom stereocenters. The minimum Gasteiger partial charge on any atom is -0.756 e. The van der Waals surface area contributed by atoms with Crippen molar-refractivity contribution in [3.63, 3.8) is 0 Å². The monoisotopic (exact) mass is 975 g/mol. The smallest absolute Gasteiger partial charge is 0.268 e. The Hall–Kier alpha value is -1.80. The van der Waals surface area contributed by atoms with Gasteiger partial charge >= 0.3 is 0 Å². The lowest BCUT2D eigenvalue weighted by Crippen LogP contribution is -2.45. The number of carbonyl (C=O) groups excluding carboxylic acids is 1. The standard InChI is InChI=1S/C59H111N2O6P/c1-6-8-10-12-14-16-18-20-22-24-26-28-29-30-31-33-34-36-38-40-42-44-46-48-50-52-58(62)57(56-67-68(64,65)66-55-54-61(3,4)5)60-59(63)53-51-49-47-45-43-41-39-37-35-32-27-25-23-21-19-17-15-13-11-9-7-2/h19,21,25,27,35,37,42,44,50,52,57-58,62H,6-18,20,22-24,26,28-34,36,38-41,43,45-49,51,53-56H2,1-5H3,(H-,60,63,64,65)/b21-19-,27-25-,37-35-,44-42+,52-50+. The lowest BCUT2D eigenvalue weighted by Gasteiger charge is -2.29. The number of hydrogen-bond donors (Lipinski definition) is 2. The van der Waals surface area contributed by atoms with Gasteiger partial charge in [-0.05, 0) is 70.6 Å². The zero-order valence-electron chi connectivity index (χ0n) is 45.3. The van der Waals surface area contributed by atoms with Crippen molar-refractivity contribution in [2.45, 2.75) is 270 Å². The maximum atomic E-state index is 12.9. The average Bonchev–Trinajstić information content (AvgIpc) is 3.30. The van der Waals surface area contributed by atoms with Gasteiger partial charge in [-0.25, -0.2) is 0 Å². The van der Waals surface area contributed by atoms with Crippen LogP contribution in [0, 0.1) is 0 Å². The van der Waals surface area contributed by atoms with E-state index in [0.29, 0.717) is 17.4 Å². The first-order valence-electron chi connectivity index (χ1n) is 28.7. The number of likely N-dealkylation sites (N-methyl/N-ethyl adjacent to an activating group) is 1. The van der Waals surface area contributed by atoms with Crippen LogP contribution in [0.1, 0.15) is 258 Å². The molecule has 0 aliphatic heterocycles. The van der Waals surface area contributed by atoms with Crippen LogP contribution in [0.15, 0.2) is 60.8 Å². The largest absolute Gasteiger partial charge is 0.756 e. The molecule has 398 valence electrons. The Morgan fingerprint density at radius 1 is 0.515 bits per heavy atom. The summed E-state index contributed by atoms with van der Waals surface area (Å²) in [6, 6.07) is -0.914. The van der Waals surface area contributed by atoms with Crippen LogP contribution in [-0.4, -0.2) is 68.5 Å². The Morgan fingerprint density at radius 2 is 0.868 bits per heavy atom. The van der Waals surface area contributed by atoms with Crippen molar-refractivity contribution >= 4 is 13.7 Å². The summed E-state index contributed by atoms with van der Waals surface area (Å²) < 4.78 is 23.3. The molecule has 68 heavy (non-hydrogen) atoms. The minimum atomic E-state index is -4.61. The summed E-state index contributed by atoms with van der Waals surface area (Å²) in [5.41, 5.74) is 0. The molecule has 0 saturated heterocycles. The molecule has 3 unspecified atom stereocenters. The van der Waals surface area contributed by atoms with Crippen LogP contribution in [0.3, 0.4) is 0 Å². The van der Waals surface area contributed by atoms with Crippen LogP contribution < -0.4 is 10.2 Å². The molecule has 0 rings (SSSR count). The number of carbonyl (C=O) groups is 1. The maximum absolute atomic E-state index is 12.9. The molecule has 1 amide bonds. The number of nitrogens with zero attached hydrogens (tertiary/aromatic N) is 1. The second-order valence-electron chi connectivity index (χ2n) is 20.6. The normalized spacial score (nSPS) is 14.4. The highest BCUT2D eigenvalue weighted by atomic mass is 31.2. The summed E-state index contributed by atoms with van der Waals surface area (Å²) in [7, 11) is 1.23. The van der Waals surface area contributed by atoms with E-state index in [4.69, 9.17) is 9.05 Å². The minimum absolute atomic E-state index is 0.0111. The molecule has 8 nitrogen and oxygen atoms in total. The topological polar surface area (TPSA) is 108 Å². The quantitative estimate of drug-likeness (QED) is 0.0272. The van der Waals surface area contributed by atoms with Crippen LogP contribution in [0.25, 0.3) is 0 Å². The Balaban J connectivity index is 4.30. The summed E-state index contributed by atoms with van der Waals surface area (Å²) in [6.07, 6.45) is 67.3. The number of amides is 1. The van der Waals surface area contributed by atoms with Gasteiger partial charge in [-0.15, -0.1) is 0 Å². The predicted octanol–water partition coefficient (Wildman–Crippen LogP) is 16.7. The van der Waals surface area contributed by atoms with E-state index in [0.717, 1.165) is 64.2 Å². The van der Waals surface area contributed by atoms with Gasteiger partial charge in [0.1, 0.15) is 13.2 Å². The third-order valence-electron chi connectivity index (χ3n) is 12.7. The Labute approximate surface area is 422 Å². The fraction of sp³-hybridized carbons (Fsp3) is 0.814. The second kappa shape index (κ2) is 50.2. The number of hydrogen-bond acceptors (Lipinski definition) is 6. The average molecular weight is 976 g/mol. The van der Waals surface area contributed by atoms with Crippen molar-refractivity contribution in [1.29, 1.82) is 0 Å². The van der Waals surface area contributed by atoms with Crippen molar-refractivity contribution in [1.82, 2.24) is 5.32 Å². The zero-order valence-corrected chi connectivity index (χ0v) is 46.2. The van der Waals surface area contributed by atoms with Gasteiger partial charge in [0.15, 0.2) is 0 Å². The van der Waals surface area contributed by atoms with E-state index in [1.807, 2.05) is 27.2 Å². The van der Waals surface area contributed by atoms with Crippen LogP contribution in [0.5, 0.6) is 0 Å². The molecule has 0 bridgehead atoms. The Morgan fingerprint density at radius 3 is 1.29 bits per heavy atom. The maximum Gasteiger partial charge on any atom is 0.268 e. The van der Waals surface area contributed by atoms with Gasteiger partial charge < -0.3 is 28.8 Å². The van der Waals surface area contributed by atoms with Crippen molar-refractivity contribution in [3.8, 4) is 0 Å². The lowest BCUT2D eigenvalue weighted by molar-refractivity contribution is -0.870. The molecule has 0 spiro atoms. The van der Waals surface area contributed by atoms with E-state index in [1.165, 1.54) is 173 Å². The third kappa shape index (κ3) is 52.0. The molecule has 0 fully saturated rings. The summed E-state index contributed by atoms with van der Waals surface area (Å²) in [5, 5.41) is 13.9. The highest BCUT2D eigenvalue weighted by Gasteiger charge is 2.23. The number of allylic oxidation sites excluding steroid dienone is 9. The Kier molecular flexibility index (Phi) is 48.8. The number of phosphoric ester groups is 1. The Bertz CT molecular complexity index is 1290. The number of quaternary nitrogens is 1. The van der Waals surface area contributed by atoms with Crippen molar-refractivity contribution < 1.29 is 32.9 Å². The van der Waals surface area contributed by atoms with Gasteiger partial charge in [-0.3, -0.25) is 9.36 Å². The SMILES string of the molecule is CCCCCCC/C=C\C/C=C\C/C=C\CCCCCCCCC(=O)NC(COP(=O)([O-])OCC[N+](C)(C)C)C(O)/C=C/CC/C=C/CCCCCCCCCCCCCCCCCCCCC. The predicted molar refractivity (Wildman–Crippen MR) is 293 cm³/mol. The van der Waals surface area contributed by atoms with Gasteiger partial charge in [-0.2, -0.15) is 0 Å². The van der Waals surface area contributed by atoms with Gasteiger partial charge in [0, 0.05) is 6.42 Å². The number of aliphatic hydroxyl groups is 1. The molecule has 0 aliphatic carbocycles. The van der Waals surface area contributed by atoms with E-state index in [9.17, 15) is 19.4 Å². The molecule has 0 aromatic heterocycles. The first kappa shape index (κ1) is 66.2. The van der Waals surface area contributed by atoms with E-state index < -0.39 is 26.6 Å². The molecular weight excluding hydrogens is 864 g/mol. The van der Waals surface area contributed by atoms with Crippen LogP contribution in [-0.2, 0) is 18.4 Å². The van der Waals surface area contributed by atoms with E-state index in [-0.39, 0.29) is 12.5 Å². The van der Waals surface area contributed by atoms with Gasteiger partial charge in [-0.1, -0.05) is 242 Å². The highest BCUT2D eigenvalue weighted by Crippen LogP contribution is 2.38. The van der Waals surface area contributed by atoms with E-state index >= 15 is 0 Å². The highest BCUT2D eigenvalue weighted by molar-refractivity contribution is 7.45. The number of phosphoric acid groups is 1. The summed E-state index contributed by atoms with van der Waals surface area (Å²) in [4.78, 5) is 25.5. The number of nitrogens with one attached hydrogen (secondary N) is 1. The number of unbranched alkanes of at least 4 members (excludes halogenated alkanes) is 31. The van der Waals surface area contributed by atoms with Crippen molar-refractivity contribution in [2.75, 3.05) is 40.9 Å². The van der Waals surface area contributed by atoms with Crippen molar-refractivity contribution in [2.24, 2.45) is 0 Å². The van der Waals surface area contributed by atoms with E-state index in [2.05, 4.69) is 67.8 Å². The molecule has 0 aromatic rings. The van der Waals surface area contributed by atoms with Crippen LogP contribution >= 0.6 is 7.82 Å². The fourth-order valence-electron chi connectivity index (χ4n) is 8.18. The summed E-state index contributed by atoms with van der Waals surface area (Å²) in [6.45, 7) is 4.62. The molecule has 0 radical (unpaired) electrons. The lowest BCUT2D eigenvalue weighted by atomic mass is 10.0. The van der Waals surface area contributed by atoms with Gasteiger partial charge in [0.05, 0.1) is 39.9 Å². The molecule has 9 heteroatoms. The second-order valence-corrected chi connectivity index (χ2v) is 22.0. The summed E-state index contributed by atoms with van der Waals surface area (Å²) in [5.74, 6) is -0.219. The first-order valence-corrected chi connectivity index (χ1v) is 30.1. The molecule has 0 aromatic carbocycles. The number of rotatable bonds is 52. The van der Waals surface area contributed by atoms with Crippen LogP contribution in [0.4, 0.5) is 0 Å². The van der Waals surface area contributed by atoms with Crippen molar-refractivity contribution in [3.05, 3.63) is 60.8 Å². The molecule has 0 aliphatic rings.